The molecule has 0 fully saturated rings. The Morgan fingerprint density at radius 2 is 1.50 bits per heavy atom. The third kappa shape index (κ3) is 4.29. The minimum atomic E-state index is -5.76. The van der Waals surface area contributed by atoms with Gasteiger partial charge in [0.25, 0.3) is 7.42 Å². The Hall–Kier alpha value is -0.533. The van der Waals surface area contributed by atoms with Crippen LogP contribution in [0.2, 0.25) is 0 Å². The van der Waals surface area contributed by atoms with E-state index in [9.17, 15) is 22.0 Å². The molecule has 1 radical (unpaired) electrons. The van der Waals surface area contributed by atoms with Gasteiger partial charge in [-0.1, -0.05) is 12.1 Å². The molecule has 0 unspecified atom stereocenters. The number of benzene rings is 1. The summed E-state index contributed by atoms with van der Waals surface area (Å²) in [5, 5.41) is 0. The molecule has 0 aliphatic rings. The number of hydrogen-bond acceptors (Lipinski definition) is 1. The normalized spacial score (nSPS) is 12.9. The first kappa shape index (κ1) is 15.5. The van der Waals surface area contributed by atoms with Crippen LogP contribution in [0.4, 0.5) is 22.0 Å². The van der Waals surface area contributed by atoms with Gasteiger partial charge in [-0.25, -0.2) is 0 Å². The third-order valence-electron chi connectivity index (χ3n) is 1.84. The van der Waals surface area contributed by atoms with Crippen LogP contribution in [0.3, 0.4) is 0 Å². The van der Waals surface area contributed by atoms with Crippen LogP contribution in [-0.2, 0) is 6.04 Å². The smallest absolute Gasteiger partial charge is 0.426 e. The highest BCUT2D eigenvalue weighted by Gasteiger charge is 2.61. The molecule has 1 rings (SSSR count). The molecule has 0 aliphatic heterocycles. The second kappa shape index (κ2) is 5.62. The zero-order valence-corrected chi connectivity index (χ0v) is 11.1. The van der Waals surface area contributed by atoms with Crippen LogP contribution in [0.1, 0.15) is 5.56 Å². The Labute approximate surface area is 110 Å². The molecule has 0 aromatic heterocycles. The summed E-state index contributed by atoms with van der Waals surface area (Å²) >= 11 is 11.2. The van der Waals surface area contributed by atoms with Crippen LogP contribution in [0.15, 0.2) is 24.3 Å². The maximum atomic E-state index is 12.5. The van der Waals surface area contributed by atoms with E-state index in [1.807, 2.05) is 0 Å². The fraction of sp³-hybridized carbons (Fsp3) is 0.333. The molecule has 101 valence electrons. The van der Waals surface area contributed by atoms with E-state index < -0.39 is 25.5 Å². The summed E-state index contributed by atoms with van der Waals surface area (Å²) in [6.07, 6.45) is -11.0. The SMILES string of the molecule is FC(F)(F)C(F)(F)Oc1ccc(C[Si](Cl)Cl)cc1. The molecular formula is C9H6Cl2F5OSi. The van der Waals surface area contributed by atoms with E-state index >= 15 is 0 Å². The highest BCUT2D eigenvalue weighted by molar-refractivity contribution is 7.33. The van der Waals surface area contributed by atoms with Gasteiger partial charge in [0.2, 0.25) is 0 Å². The molecular weight excluding hydrogens is 318 g/mol. The lowest BCUT2D eigenvalue weighted by atomic mass is 10.2. The maximum absolute atomic E-state index is 12.5. The monoisotopic (exact) mass is 323 g/mol. The molecule has 1 aromatic carbocycles. The quantitative estimate of drug-likeness (QED) is 0.457. The molecule has 0 aliphatic carbocycles. The Morgan fingerprint density at radius 3 is 1.89 bits per heavy atom. The number of ether oxygens (including phenoxy) is 1. The number of hydrogen-bond donors (Lipinski definition) is 0. The van der Waals surface area contributed by atoms with E-state index in [2.05, 4.69) is 4.74 Å². The molecule has 0 atom stereocenters. The van der Waals surface area contributed by atoms with Crippen LogP contribution >= 0.6 is 22.2 Å². The summed E-state index contributed by atoms with van der Waals surface area (Å²) < 4.78 is 64.3. The summed E-state index contributed by atoms with van der Waals surface area (Å²) in [6, 6.07) is 5.03. The van der Waals surface area contributed by atoms with Gasteiger partial charge in [0.05, 0.1) is 0 Å². The molecule has 0 amide bonds. The van der Waals surface area contributed by atoms with Crippen molar-refractivity contribution in [2.45, 2.75) is 18.3 Å². The molecule has 0 saturated heterocycles. The molecule has 0 saturated carbocycles. The van der Waals surface area contributed by atoms with Gasteiger partial charge in [-0.2, -0.15) is 22.0 Å². The fourth-order valence-corrected chi connectivity index (χ4v) is 2.51. The summed E-state index contributed by atoms with van der Waals surface area (Å²) in [5.74, 6) is -0.584. The van der Waals surface area contributed by atoms with E-state index in [0.717, 1.165) is 12.1 Å². The predicted molar refractivity (Wildman–Crippen MR) is 59.2 cm³/mol. The van der Waals surface area contributed by atoms with Crippen LogP contribution < -0.4 is 4.74 Å². The van der Waals surface area contributed by atoms with Gasteiger partial charge in [0.15, 0.2) is 0 Å². The molecule has 0 spiro atoms. The average molecular weight is 324 g/mol. The Morgan fingerprint density at radius 1 is 1.00 bits per heavy atom. The molecule has 1 aromatic rings. The van der Waals surface area contributed by atoms with Gasteiger partial charge < -0.3 is 4.74 Å². The maximum Gasteiger partial charge on any atom is 0.499 e. The predicted octanol–water partition coefficient (Wildman–Crippen LogP) is 4.27. The standard InChI is InChI=1S/C9H6Cl2F5OSi/c10-18(11)5-6-1-3-7(4-2-6)17-9(15,16)8(12,13)14/h1-4H,5H2. The first-order valence-electron chi connectivity index (χ1n) is 4.51. The minimum Gasteiger partial charge on any atom is -0.426 e. The van der Waals surface area contributed by atoms with E-state index in [4.69, 9.17) is 22.2 Å². The van der Waals surface area contributed by atoms with Crippen molar-refractivity contribution in [2.24, 2.45) is 0 Å². The number of halogens is 7. The van der Waals surface area contributed by atoms with Crippen LogP contribution in [0.5, 0.6) is 5.75 Å². The van der Waals surface area contributed by atoms with Crippen molar-refractivity contribution in [1.82, 2.24) is 0 Å². The molecule has 1 nitrogen and oxygen atoms in total. The lowest BCUT2D eigenvalue weighted by Gasteiger charge is -2.20. The zero-order chi connectivity index (χ0) is 14.0. The molecule has 0 N–H and O–H groups in total. The topological polar surface area (TPSA) is 9.23 Å². The van der Waals surface area contributed by atoms with E-state index in [-0.39, 0.29) is 0 Å². The van der Waals surface area contributed by atoms with Gasteiger partial charge >= 0.3 is 12.3 Å². The molecule has 18 heavy (non-hydrogen) atoms. The number of alkyl halides is 5. The van der Waals surface area contributed by atoms with Gasteiger partial charge in [0.1, 0.15) is 5.75 Å². The van der Waals surface area contributed by atoms with Crippen molar-refractivity contribution in [3.05, 3.63) is 29.8 Å². The zero-order valence-electron chi connectivity index (χ0n) is 8.57. The van der Waals surface area contributed by atoms with Gasteiger partial charge in [-0.05, 0) is 23.7 Å². The summed E-state index contributed by atoms with van der Waals surface area (Å²) in [6.45, 7) is 0. The summed E-state index contributed by atoms with van der Waals surface area (Å²) in [4.78, 5) is 0. The summed E-state index contributed by atoms with van der Waals surface area (Å²) in [5.41, 5.74) is 0.636. The Kier molecular flexibility index (Phi) is 4.85. The highest BCUT2D eigenvalue weighted by Crippen LogP contribution is 2.37. The Bertz CT molecular complexity index is 393. The lowest BCUT2D eigenvalue weighted by molar-refractivity contribution is -0.360. The number of rotatable bonds is 4. The van der Waals surface area contributed by atoms with Crippen LogP contribution in [0, 0.1) is 0 Å². The fourth-order valence-electron chi connectivity index (χ4n) is 1.04. The minimum absolute atomic E-state index is 0.351. The van der Waals surface area contributed by atoms with Crippen molar-refractivity contribution in [3.8, 4) is 5.75 Å². The average Bonchev–Trinajstić information content (AvgIpc) is 2.18. The lowest BCUT2D eigenvalue weighted by Crippen LogP contribution is -2.41. The highest BCUT2D eigenvalue weighted by atomic mass is 35.7. The second-order valence-corrected chi connectivity index (χ2v) is 7.62. The van der Waals surface area contributed by atoms with Crippen LogP contribution in [-0.4, -0.2) is 19.7 Å². The van der Waals surface area contributed by atoms with Crippen molar-refractivity contribution in [1.29, 1.82) is 0 Å². The Balaban J connectivity index is 2.75. The molecule has 0 heterocycles. The second-order valence-electron chi connectivity index (χ2n) is 3.28. The third-order valence-corrected chi connectivity index (χ3v) is 3.31. The summed E-state index contributed by atoms with van der Waals surface area (Å²) in [7, 11) is -1.58. The van der Waals surface area contributed by atoms with Crippen LogP contribution in [0.25, 0.3) is 0 Å². The first-order valence-corrected chi connectivity index (χ1v) is 8.24. The van der Waals surface area contributed by atoms with Gasteiger partial charge in [-0.15, -0.1) is 22.2 Å². The molecule has 9 heteroatoms. The van der Waals surface area contributed by atoms with E-state index in [1.165, 1.54) is 12.1 Å². The van der Waals surface area contributed by atoms with Gasteiger partial charge in [0, 0.05) is 0 Å². The van der Waals surface area contributed by atoms with E-state index in [1.54, 1.807) is 0 Å². The van der Waals surface area contributed by atoms with Crippen molar-refractivity contribution in [2.75, 3.05) is 0 Å². The van der Waals surface area contributed by atoms with Crippen molar-refractivity contribution >= 4 is 29.6 Å². The van der Waals surface area contributed by atoms with Crippen molar-refractivity contribution < 1.29 is 26.7 Å². The van der Waals surface area contributed by atoms with Crippen molar-refractivity contribution in [3.63, 3.8) is 0 Å². The van der Waals surface area contributed by atoms with E-state index in [0.29, 0.717) is 11.6 Å². The first-order chi connectivity index (χ1) is 8.12. The largest absolute Gasteiger partial charge is 0.499 e. The molecule has 0 bridgehead atoms. The van der Waals surface area contributed by atoms with Gasteiger partial charge in [-0.3, -0.25) is 0 Å².